The average molecular weight is 334 g/mol. The largest absolute Gasteiger partial charge is 0.353 e. The van der Waals surface area contributed by atoms with Crippen molar-refractivity contribution in [3.8, 4) is 0 Å². The first-order chi connectivity index (χ1) is 11.3. The third kappa shape index (κ3) is 6.86. The van der Waals surface area contributed by atoms with Crippen LogP contribution < -0.4 is 16.0 Å². The highest BCUT2D eigenvalue weighted by atomic mass is 32.1. The first-order valence-corrected chi connectivity index (χ1v) is 9.10. The van der Waals surface area contributed by atoms with Crippen molar-refractivity contribution in [3.63, 3.8) is 0 Å². The zero-order chi connectivity index (χ0) is 16.3. The summed E-state index contributed by atoms with van der Waals surface area (Å²) >= 11 is 1.69. The minimum absolute atomic E-state index is 0.00673. The van der Waals surface area contributed by atoms with Crippen LogP contribution in [0.25, 0.3) is 0 Å². The summed E-state index contributed by atoms with van der Waals surface area (Å²) in [6.07, 6.45) is 7.66. The Balaban J connectivity index is 1.79. The number of amides is 1. The second kappa shape index (κ2) is 10.0. The van der Waals surface area contributed by atoms with E-state index in [-0.39, 0.29) is 12.5 Å². The lowest BCUT2D eigenvalue weighted by atomic mass is 9.95. The van der Waals surface area contributed by atoms with Gasteiger partial charge in [-0.15, -0.1) is 17.9 Å². The van der Waals surface area contributed by atoms with Crippen molar-refractivity contribution >= 4 is 23.2 Å². The highest BCUT2D eigenvalue weighted by Gasteiger charge is 2.15. The summed E-state index contributed by atoms with van der Waals surface area (Å²) in [4.78, 5) is 17.6. The van der Waals surface area contributed by atoms with Gasteiger partial charge in [0.1, 0.15) is 6.54 Å². The van der Waals surface area contributed by atoms with Gasteiger partial charge in [0.15, 0.2) is 5.96 Å². The van der Waals surface area contributed by atoms with Gasteiger partial charge >= 0.3 is 0 Å². The van der Waals surface area contributed by atoms with Gasteiger partial charge in [0.2, 0.25) is 5.91 Å². The number of hydrogen-bond donors (Lipinski definition) is 3. The van der Waals surface area contributed by atoms with Crippen LogP contribution in [0.4, 0.5) is 0 Å². The van der Waals surface area contributed by atoms with E-state index in [2.05, 4.69) is 33.6 Å². The fourth-order valence-corrected chi connectivity index (χ4v) is 3.24. The first kappa shape index (κ1) is 17.5. The molecule has 1 fully saturated rings. The zero-order valence-corrected chi connectivity index (χ0v) is 14.3. The highest BCUT2D eigenvalue weighted by molar-refractivity contribution is 7.09. The number of aliphatic imine (C=N–C) groups is 1. The molecule has 0 bridgehead atoms. The molecule has 1 aliphatic rings. The summed E-state index contributed by atoms with van der Waals surface area (Å²) in [5.41, 5.74) is 0. The van der Waals surface area contributed by atoms with Crippen molar-refractivity contribution in [2.45, 2.75) is 44.7 Å². The van der Waals surface area contributed by atoms with Crippen LogP contribution in [-0.2, 0) is 11.3 Å². The minimum Gasteiger partial charge on any atom is -0.353 e. The van der Waals surface area contributed by atoms with Crippen molar-refractivity contribution in [3.05, 3.63) is 35.0 Å². The van der Waals surface area contributed by atoms with Gasteiger partial charge in [-0.1, -0.05) is 31.4 Å². The number of carbonyl (C=O) groups is 1. The van der Waals surface area contributed by atoms with Gasteiger partial charge < -0.3 is 16.0 Å². The predicted octanol–water partition coefficient (Wildman–Crippen LogP) is 2.42. The summed E-state index contributed by atoms with van der Waals surface area (Å²) in [5.74, 6) is 0.629. The number of rotatable bonds is 7. The van der Waals surface area contributed by atoms with E-state index < -0.39 is 0 Å². The number of nitrogens with zero attached hydrogens (tertiary/aromatic N) is 1. The van der Waals surface area contributed by atoms with Gasteiger partial charge in [-0.2, -0.15) is 0 Å². The molecule has 126 valence electrons. The third-order valence-corrected chi connectivity index (χ3v) is 4.65. The van der Waals surface area contributed by atoms with Crippen molar-refractivity contribution in [2.75, 3.05) is 13.1 Å². The van der Waals surface area contributed by atoms with Gasteiger partial charge in [0.05, 0.1) is 6.54 Å². The average Bonchev–Trinajstić information content (AvgIpc) is 3.08. The SMILES string of the molecule is C=CCNC(=NCC(=O)NC1CCCCC1)NCc1cccs1. The van der Waals surface area contributed by atoms with Crippen LogP contribution in [0.15, 0.2) is 35.2 Å². The maximum Gasteiger partial charge on any atom is 0.242 e. The van der Waals surface area contributed by atoms with Crippen LogP contribution in [0.3, 0.4) is 0 Å². The molecule has 6 heteroatoms. The summed E-state index contributed by atoms with van der Waals surface area (Å²) < 4.78 is 0. The Morgan fingerprint density at radius 3 is 2.87 bits per heavy atom. The van der Waals surface area contributed by atoms with E-state index in [1.807, 2.05) is 11.4 Å². The number of guanidine groups is 1. The second-order valence-electron chi connectivity index (χ2n) is 5.67. The topological polar surface area (TPSA) is 65.5 Å². The van der Waals surface area contributed by atoms with Crippen molar-refractivity contribution in [1.82, 2.24) is 16.0 Å². The quantitative estimate of drug-likeness (QED) is 0.408. The summed E-state index contributed by atoms with van der Waals surface area (Å²) in [7, 11) is 0. The number of hydrogen-bond acceptors (Lipinski definition) is 3. The minimum atomic E-state index is -0.00673. The smallest absolute Gasteiger partial charge is 0.242 e. The molecule has 1 aliphatic carbocycles. The maximum absolute atomic E-state index is 12.0. The molecular weight excluding hydrogens is 308 g/mol. The fraction of sp³-hybridized carbons (Fsp3) is 0.529. The van der Waals surface area contributed by atoms with Crippen LogP contribution in [0, 0.1) is 0 Å². The summed E-state index contributed by atoms with van der Waals surface area (Å²) in [6, 6.07) is 4.42. The number of nitrogens with one attached hydrogen (secondary N) is 3. The Morgan fingerprint density at radius 2 is 2.17 bits per heavy atom. The normalized spacial score (nSPS) is 15.9. The molecule has 0 atom stereocenters. The molecule has 1 amide bonds. The Morgan fingerprint density at radius 1 is 1.35 bits per heavy atom. The zero-order valence-electron chi connectivity index (χ0n) is 13.5. The van der Waals surface area contributed by atoms with Gasteiger partial charge in [0.25, 0.3) is 0 Å². The molecule has 0 aliphatic heterocycles. The first-order valence-electron chi connectivity index (χ1n) is 8.23. The van der Waals surface area contributed by atoms with Crippen molar-refractivity contribution in [2.24, 2.45) is 4.99 Å². The van der Waals surface area contributed by atoms with Crippen LogP contribution in [0.1, 0.15) is 37.0 Å². The molecule has 23 heavy (non-hydrogen) atoms. The van der Waals surface area contributed by atoms with Crippen molar-refractivity contribution < 1.29 is 4.79 Å². The molecule has 1 aromatic rings. The molecular formula is C17H26N4OS. The molecule has 5 nitrogen and oxygen atoms in total. The third-order valence-electron chi connectivity index (χ3n) is 3.78. The van der Waals surface area contributed by atoms with Gasteiger partial charge in [-0.25, -0.2) is 4.99 Å². The highest BCUT2D eigenvalue weighted by Crippen LogP contribution is 2.17. The lowest BCUT2D eigenvalue weighted by Gasteiger charge is -2.22. The van der Waals surface area contributed by atoms with Gasteiger partial charge in [0, 0.05) is 17.5 Å². The van der Waals surface area contributed by atoms with Crippen LogP contribution in [0.2, 0.25) is 0 Å². The molecule has 0 radical (unpaired) electrons. The standard InChI is InChI=1S/C17H26N4OS/c1-2-10-18-17(19-12-15-9-6-11-23-15)20-13-16(22)21-14-7-4-3-5-8-14/h2,6,9,11,14H,1,3-5,7-8,10,12-13H2,(H,21,22)(H2,18,19,20). The monoisotopic (exact) mass is 334 g/mol. The molecule has 1 saturated carbocycles. The Hall–Kier alpha value is -1.82. The second-order valence-corrected chi connectivity index (χ2v) is 6.70. The molecule has 0 unspecified atom stereocenters. The van der Waals surface area contributed by atoms with Crippen LogP contribution >= 0.6 is 11.3 Å². The Labute approximate surface area is 142 Å². The maximum atomic E-state index is 12.0. The Bertz CT molecular complexity index is 507. The van der Waals surface area contributed by atoms with E-state index in [1.165, 1.54) is 24.1 Å². The molecule has 1 aromatic heterocycles. The molecule has 1 heterocycles. The van der Waals surface area contributed by atoms with Crippen LogP contribution in [0.5, 0.6) is 0 Å². The molecule has 2 rings (SSSR count). The molecule has 0 aromatic carbocycles. The summed E-state index contributed by atoms with van der Waals surface area (Å²) in [5, 5.41) is 11.5. The van der Waals surface area contributed by atoms with E-state index in [0.717, 1.165) is 12.8 Å². The molecule has 0 spiro atoms. The van der Waals surface area contributed by atoms with Gasteiger partial charge in [-0.05, 0) is 24.3 Å². The van der Waals surface area contributed by atoms with Crippen molar-refractivity contribution in [1.29, 1.82) is 0 Å². The fourth-order valence-electron chi connectivity index (χ4n) is 2.60. The lowest BCUT2D eigenvalue weighted by molar-refractivity contribution is -0.120. The predicted molar refractivity (Wildman–Crippen MR) is 96.7 cm³/mol. The van der Waals surface area contributed by atoms with Gasteiger partial charge in [-0.3, -0.25) is 4.79 Å². The lowest BCUT2D eigenvalue weighted by Crippen LogP contribution is -2.40. The Kier molecular flexibility index (Phi) is 7.66. The molecule has 3 N–H and O–H groups in total. The number of carbonyl (C=O) groups excluding carboxylic acids is 1. The van der Waals surface area contributed by atoms with E-state index in [0.29, 0.717) is 25.1 Å². The van der Waals surface area contributed by atoms with E-state index in [1.54, 1.807) is 17.4 Å². The van der Waals surface area contributed by atoms with E-state index >= 15 is 0 Å². The number of thiophene rings is 1. The van der Waals surface area contributed by atoms with E-state index in [4.69, 9.17) is 0 Å². The molecule has 0 saturated heterocycles. The van der Waals surface area contributed by atoms with Crippen LogP contribution in [-0.4, -0.2) is 31.0 Å². The summed E-state index contributed by atoms with van der Waals surface area (Å²) in [6.45, 7) is 5.15. The van der Waals surface area contributed by atoms with E-state index in [9.17, 15) is 4.79 Å².